The number of nitrogens with zero attached hydrogens (tertiary/aromatic N) is 1. The molecule has 1 aliphatic carbocycles. The molecule has 2 unspecified atom stereocenters. The fourth-order valence-electron chi connectivity index (χ4n) is 3.94. The summed E-state index contributed by atoms with van der Waals surface area (Å²) in [6.07, 6.45) is 6.49. The molecule has 1 aromatic carbocycles. The van der Waals surface area contributed by atoms with Gasteiger partial charge in [0.2, 0.25) is 0 Å². The highest BCUT2D eigenvalue weighted by Crippen LogP contribution is 2.30. The smallest absolute Gasteiger partial charge is 0.123 e. The van der Waals surface area contributed by atoms with E-state index >= 15 is 0 Å². The molecule has 20 heavy (non-hydrogen) atoms. The number of halogens is 1. The zero-order valence-corrected chi connectivity index (χ0v) is 12.1. The number of nitrogens with two attached hydrogens (primary N) is 1. The first-order valence-corrected chi connectivity index (χ1v) is 7.94. The molecule has 2 N–H and O–H groups in total. The lowest BCUT2D eigenvalue weighted by Gasteiger charge is -2.37. The van der Waals surface area contributed by atoms with Gasteiger partial charge in [0.15, 0.2) is 0 Å². The Morgan fingerprint density at radius 2 is 2.00 bits per heavy atom. The Morgan fingerprint density at radius 1 is 1.20 bits per heavy atom. The van der Waals surface area contributed by atoms with E-state index in [1.54, 1.807) is 6.07 Å². The monoisotopic (exact) mass is 276 g/mol. The maximum Gasteiger partial charge on any atom is 0.123 e. The predicted octanol–water partition coefficient (Wildman–Crippen LogP) is 3.13. The van der Waals surface area contributed by atoms with Gasteiger partial charge < -0.3 is 10.6 Å². The molecule has 2 aliphatic rings. The van der Waals surface area contributed by atoms with Crippen molar-refractivity contribution in [3.05, 3.63) is 35.6 Å². The summed E-state index contributed by atoms with van der Waals surface area (Å²) >= 11 is 0. The Labute approximate surface area is 121 Å². The maximum absolute atomic E-state index is 13.4. The molecule has 0 amide bonds. The van der Waals surface area contributed by atoms with Crippen LogP contribution in [0.1, 0.15) is 43.6 Å². The third-order valence-electron chi connectivity index (χ3n) is 4.87. The van der Waals surface area contributed by atoms with Crippen LogP contribution < -0.4 is 5.73 Å². The van der Waals surface area contributed by atoms with E-state index in [0.717, 1.165) is 31.0 Å². The standard InChI is InChI=1S/C17H25FN2/c18-16-7-3-6-14(8-16)15-9-17(19)12-20(11-15)10-13-4-1-2-5-13/h3,6-8,13,15,17H,1-2,4-5,9-12,19H2. The summed E-state index contributed by atoms with van der Waals surface area (Å²) in [6, 6.07) is 7.27. The van der Waals surface area contributed by atoms with Crippen molar-refractivity contribution < 1.29 is 4.39 Å². The highest BCUT2D eigenvalue weighted by Gasteiger charge is 2.28. The first kappa shape index (κ1) is 14.0. The van der Waals surface area contributed by atoms with E-state index in [2.05, 4.69) is 4.90 Å². The molecule has 0 spiro atoms. The molecule has 1 aromatic rings. The molecular formula is C17H25FN2. The van der Waals surface area contributed by atoms with Crippen LogP contribution >= 0.6 is 0 Å². The van der Waals surface area contributed by atoms with Crippen LogP contribution in [-0.2, 0) is 0 Å². The summed E-state index contributed by atoms with van der Waals surface area (Å²) in [5, 5.41) is 0. The molecule has 110 valence electrons. The van der Waals surface area contributed by atoms with Crippen LogP contribution in [0.2, 0.25) is 0 Å². The first-order valence-electron chi connectivity index (χ1n) is 7.94. The highest BCUT2D eigenvalue weighted by molar-refractivity contribution is 5.22. The minimum absolute atomic E-state index is 0.135. The van der Waals surface area contributed by atoms with Crippen molar-refractivity contribution in [3.63, 3.8) is 0 Å². The maximum atomic E-state index is 13.4. The van der Waals surface area contributed by atoms with Gasteiger partial charge in [0.25, 0.3) is 0 Å². The van der Waals surface area contributed by atoms with Gasteiger partial charge in [0, 0.05) is 25.7 Å². The molecule has 1 aliphatic heterocycles. The van der Waals surface area contributed by atoms with Crippen molar-refractivity contribution in [1.82, 2.24) is 4.90 Å². The predicted molar refractivity (Wildman–Crippen MR) is 80.1 cm³/mol. The third kappa shape index (κ3) is 3.39. The summed E-state index contributed by atoms with van der Waals surface area (Å²) in [5.41, 5.74) is 7.34. The average Bonchev–Trinajstić information content (AvgIpc) is 2.91. The van der Waals surface area contributed by atoms with Crippen molar-refractivity contribution in [3.8, 4) is 0 Å². The average molecular weight is 276 g/mol. The van der Waals surface area contributed by atoms with Gasteiger partial charge in [-0.1, -0.05) is 25.0 Å². The zero-order valence-electron chi connectivity index (χ0n) is 12.1. The fraction of sp³-hybridized carbons (Fsp3) is 0.647. The second-order valence-electron chi connectivity index (χ2n) is 6.62. The Bertz CT molecular complexity index is 442. The molecule has 1 heterocycles. The van der Waals surface area contributed by atoms with Gasteiger partial charge in [0.1, 0.15) is 5.82 Å². The normalized spacial score (nSPS) is 28.9. The Morgan fingerprint density at radius 3 is 2.75 bits per heavy atom. The van der Waals surface area contributed by atoms with E-state index in [1.165, 1.54) is 38.3 Å². The van der Waals surface area contributed by atoms with Crippen LogP contribution in [0.4, 0.5) is 4.39 Å². The molecule has 2 atom stereocenters. The highest BCUT2D eigenvalue weighted by atomic mass is 19.1. The second-order valence-corrected chi connectivity index (χ2v) is 6.62. The molecule has 2 nitrogen and oxygen atoms in total. The van der Waals surface area contributed by atoms with Crippen molar-refractivity contribution in [1.29, 1.82) is 0 Å². The lowest BCUT2D eigenvalue weighted by atomic mass is 9.88. The van der Waals surface area contributed by atoms with Crippen LogP contribution in [0.5, 0.6) is 0 Å². The second kappa shape index (κ2) is 6.23. The molecule has 3 heteroatoms. The number of piperidine rings is 1. The van der Waals surface area contributed by atoms with Crippen molar-refractivity contribution in [2.45, 2.75) is 44.1 Å². The van der Waals surface area contributed by atoms with Crippen LogP contribution in [0, 0.1) is 11.7 Å². The minimum Gasteiger partial charge on any atom is -0.327 e. The molecule has 1 saturated heterocycles. The number of benzene rings is 1. The van der Waals surface area contributed by atoms with Crippen molar-refractivity contribution in [2.24, 2.45) is 11.7 Å². The number of rotatable bonds is 3. The zero-order chi connectivity index (χ0) is 13.9. The van der Waals surface area contributed by atoms with Gasteiger partial charge in [-0.3, -0.25) is 0 Å². The molecule has 3 rings (SSSR count). The number of hydrogen-bond donors (Lipinski definition) is 1. The summed E-state index contributed by atoms with van der Waals surface area (Å²) in [5.74, 6) is 1.10. The van der Waals surface area contributed by atoms with Gasteiger partial charge in [-0.15, -0.1) is 0 Å². The lowest BCUT2D eigenvalue weighted by molar-refractivity contribution is 0.164. The van der Waals surface area contributed by atoms with Gasteiger partial charge >= 0.3 is 0 Å². The fourth-order valence-corrected chi connectivity index (χ4v) is 3.94. The molecule has 0 aromatic heterocycles. The van der Waals surface area contributed by atoms with E-state index in [0.29, 0.717) is 5.92 Å². The van der Waals surface area contributed by atoms with Crippen LogP contribution in [0.25, 0.3) is 0 Å². The minimum atomic E-state index is -0.135. The summed E-state index contributed by atoms with van der Waals surface area (Å²) in [4.78, 5) is 2.51. The van der Waals surface area contributed by atoms with Gasteiger partial charge in [-0.05, 0) is 48.8 Å². The molecule has 0 radical (unpaired) electrons. The quantitative estimate of drug-likeness (QED) is 0.919. The van der Waals surface area contributed by atoms with E-state index < -0.39 is 0 Å². The van der Waals surface area contributed by atoms with E-state index in [4.69, 9.17) is 5.73 Å². The Kier molecular flexibility index (Phi) is 4.37. The molecule has 0 bridgehead atoms. The summed E-state index contributed by atoms with van der Waals surface area (Å²) in [6.45, 7) is 3.22. The van der Waals surface area contributed by atoms with E-state index in [-0.39, 0.29) is 11.9 Å². The SMILES string of the molecule is NC1CC(c2cccc(F)c2)CN(CC2CCCC2)C1. The molecule has 1 saturated carbocycles. The largest absolute Gasteiger partial charge is 0.327 e. The van der Waals surface area contributed by atoms with Crippen LogP contribution in [0.3, 0.4) is 0 Å². The molecule has 2 fully saturated rings. The topological polar surface area (TPSA) is 29.3 Å². The first-order chi connectivity index (χ1) is 9.70. The van der Waals surface area contributed by atoms with Crippen molar-refractivity contribution in [2.75, 3.05) is 19.6 Å². The Hall–Kier alpha value is -0.930. The van der Waals surface area contributed by atoms with Gasteiger partial charge in [-0.25, -0.2) is 4.39 Å². The number of likely N-dealkylation sites (tertiary alicyclic amines) is 1. The third-order valence-corrected chi connectivity index (χ3v) is 4.87. The molecular weight excluding hydrogens is 251 g/mol. The van der Waals surface area contributed by atoms with E-state index in [1.807, 2.05) is 12.1 Å². The lowest BCUT2D eigenvalue weighted by Crippen LogP contribution is -2.47. The van der Waals surface area contributed by atoms with Crippen LogP contribution in [-0.4, -0.2) is 30.6 Å². The Balaban J connectivity index is 1.66. The van der Waals surface area contributed by atoms with Gasteiger partial charge in [-0.2, -0.15) is 0 Å². The van der Waals surface area contributed by atoms with Crippen molar-refractivity contribution >= 4 is 0 Å². The summed E-state index contributed by atoms with van der Waals surface area (Å²) in [7, 11) is 0. The number of hydrogen-bond acceptors (Lipinski definition) is 2. The summed E-state index contributed by atoms with van der Waals surface area (Å²) < 4.78 is 13.4. The van der Waals surface area contributed by atoms with E-state index in [9.17, 15) is 4.39 Å². The van der Waals surface area contributed by atoms with Gasteiger partial charge in [0.05, 0.1) is 0 Å². The van der Waals surface area contributed by atoms with Crippen LogP contribution in [0.15, 0.2) is 24.3 Å².